The van der Waals surface area contributed by atoms with Crippen LogP contribution in [0.3, 0.4) is 0 Å². The fourth-order valence-electron chi connectivity index (χ4n) is 3.70. The summed E-state index contributed by atoms with van der Waals surface area (Å²) in [6, 6.07) is 8.95. The van der Waals surface area contributed by atoms with Gasteiger partial charge in [-0.3, -0.25) is 9.59 Å². The molecule has 2 rings (SSSR count). The van der Waals surface area contributed by atoms with E-state index in [1.54, 1.807) is 30.3 Å². The van der Waals surface area contributed by atoms with Gasteiger partial charge in [0.25, 0.3) is 0 Å². The molecule has 1 aromatic rings. The van der Waals surface area contributed by atoms with Crippen molar-refractivity contribution in [2.45, 2.75) is 38.3 Å². The first-order valence-corrected chi connectivity index (χ1v) is 8.31. The summed E-state index contributed by atoms with van der Waals surface area (Å²) in [6.07, 6.45) is -3.79. The van der Waals surface area contributed by atoms with Crippen molar-refractivity contribution in [3.05, 3.63) is 35.9 Å². The van der Waals surface area contributed by atoms with Crippen molar-refractivity contribution in [1.82, 2.24) is 4.90 Å². The van der Waals surface area contributed by atoms with Crippen LogP contribution >= 0.6 is 0 Å². The summed E-state index contributed by atoms with van der Waals surface area (Å²) in [5.41, 5.74) is -0.197. The number of alkyl halides is 3. The zero-order valence-corrected chi connectivity index (χ0v) is 14.2. The predicted molar refractivity (Wildman–Crippen MR) is 86.0 cm³/mol. The minimum atomic E-state index is -4.65. The van der Waals surface area contributed by atoms with Crippen molar-refractivity contribution >= 4 is 11.9 Å². The van der Waals surface area contributed by atoms with Crippen LogP contribution in [-0.4, -0.2) is 41.1 Å². The molecule has 1 fully saturated rings. The van der Waals surface area contributed by atoms with Gasteiger partial charge in [0, 0.05) is 13.1 Å². The van der Waals surface area contributed by atoms with E-state index < -0.39 is 48.4 Å². The Morgan fingerprint density at radius 1 is 1.12 bits per heavy atom. The third-order valence-corrected chi connectivity index (χ3v) is 5.29. The number of hydrogen-bond acceptors (Lipinski definition) is 2. The summed E-state index contributed by atoms with van der Waals surface area (Å²) in [7, 11) is 0. The predicted octanol–water partition coefficient (Wildman–Crippen LogP) is 3.47. The maximum atomic E-state index is 13.2. The van der Waals surface area contributed by atoms with Gasteiger partial charge in [-0.25, -0.2) is 0 Å². The van der Waals surface area contributed by atoms with E-state index in [1.165, 1.54) is 0 Å². The third kappa shape index (κ3) is 3.50. The Morgan fingerprint density at radius 3 is 2.08 bits per heavy atom. The second-order valence-electron chi connectivity index (χ2n) is 6.46. The first kappa shape index (κ1) is 19.3. The van der Waals surface area contributed by atoms with E-state index in [-0.39, 0.29) is 0 Å². The molecule has 0 spiro atoms. The minimum Gasteiger partial charge on any atom is -0.481 e. The van der Waals surface area contributed by atoms with Crippen LogP contribution in [0.1, 0.15) is 32.3 Å². The average Bonchev–Trinajstić information content (AvgIpc) is 3.03. The monoisotopic (exact) mass is 357 g/mol. The second-order valence-corrected chi connectivity index (χ2v) is 6.46. The van der Waals surface area contributed by atoms with Gasteiger partial charge in [-0.1, -0.05) is 44.2 Å². The summed E-state index contributed by atoms with van der Waals surface area (Å²) in [4.78, 5) is 25.5. The second kappa shape index (κ2) is 7.06. The van der Waals surface area contributed by atoms with E-state index >= 15 is 0 Å². The molecule has 0 aromatic heterocycles. The van der Waals surface area contributed by atoms with Gasteiger partial charge < -0.3 is 10.0 Å². The zero-order chi connectivity index (χ0) is 18.8. The van der Waals surface area contributed by atoms with Gasteiger partial charge in [-0.2, -0.15) is 13.2 Å². The Bertz CT molecular complexity index is 626. The number of nitrogens with zero attached hydrogens (tertiary/aromatic N) is 1. The molecular weight excluding hydrogens is 335 g/mol. The molecule has 1 N–H and O–H groups in total. The number of carbonyl (C=O) groups excluding carboxylic acids is 1. The Hall–Kier alpha value is -2.05. The average molecular weight is 357 g/mol. The first-order chi connectivity index (χ1) is 11.7. The smallest absolute Gasteiger partial charge is 0.394 e. The standard InChI is InChI=1S/C18H22F3NO3/c1-3-17(4-2,12-8-6-5-7-9-12)16(25)22-10-13(15(23)24)14(11-22)18(19,20)21/h5-9,13-14H,3-4,10-11H2,1-2H3,(H,23,24)/t13-,14-/m1/s1. The van der Waals surface area contributed by atoms with Crippen LogP contribution in [0.5, 0.6) is 0 Å². The Labute approximate surface area is 144 Å². The number of amides is 1. The van der Waals surface area contributed by atoms with Gasteiger partial charge in [0.1, 0.15) is 0 Å². The van der Waals surface area contributed by atoms with Crippen molar-refractivity contribution in [3.63, 3.8) is 0 Å². The van der Waals surface area contributed by atoms with Crippen LogP contribution in [-0.2, 0) is 15.0 Å². The molecule has 1 saturated heterocycles. The number of carboxylic acid groups (broad SMARTS) is 1. The highest BCUT2D eigenvalue weighted by atomic mass is 19.4. The lowest BCUT2D eigenvalue weighted by molar-refractivity contribution is -0.188. The molecule has 0 saturated carbocycles. The lowest BCUT2D eigenvalue weighted by Gasteiger charge is -2.35. The Kier molecular flexibility index (Phi) is 5.44. The molecule has 1 heterocycles. The molecule has 138 valence electrons. The van der Waals surface area contributed by atoms with Crippen molar-refractivity contribution in [2.75, 3.05) is 13.1 Å². The van der Waals surface area contributed by atoms with Crippen molar-refractivity contribution in [2.24, 2.45) is 11.8 Å². The number of aliphatic carboxylic acids is 1. The van der Waals surface area contributed by atoms with E-state index in [4.69, 9.17) is 5.11 Å². The third-order valence-electron chi connectivity index (χ3n) is 5.29. The molecule has 1 amide bonds. The Balaban J connectivity index is 2.36. The van der Waals surface area contributed by atoms with Gasteiger partial charge in [0.05, 0.1) is 17.3 Å². The van der Waals surface area contributed by atoms with Crippen molar-refractivity contribution in [3.8, 4) is 0 Å². The van der Waals surface area contributed by atoms with Crippen LogP contribution in [0, 0.1) is 11.8 Å². The van der Waals surface area contributed by atoms with E-state index in [0.29, 0.717) is 12.8 Å². The topological polar surface area (TPSA) is 57.6 Å². The molecule has 1 aliphatic rings. The van der Waals surface area contributed by atoms with Gasteiger partial charge >= 0.3 is 12.1 Å². The minimum absolute atomic E-state index is 0.410. The van der Waals surface area contributed by atoms with E-state index in [1.807, 2.05) is 13.8 Å². The van der Waals surface area contributed by atoms with Gasteiger partial charge in [-0.15, -0.1) is 0 Å². The van der Waals surface area contributed by atoms with E-state index in [2.05, 4.69) is 0 Å². The molecule has 4 nitrogen and oxygen atoms in total. The molecule has 0 aliphatic carbocycles. The summed E-state index contributed by atoms with van der Waals surface area (Å²) in [6.45, 7) is 2.63. The van der Waals surface area contributed by atoms with Gasteiger partial charge in [0.15, 0.2) is 0 Å². The number of halogens is 3. The normalized spacial score (nSPS) is 21.4. The fourth-order valence-corrected chi connectivity index (χ4v) is 3.70. The zero-order valence-electron chi connectivity index (χ0n) is 14.2. The lowest BCUT2D eigenvalue weighted by Crippen LogP contribution is -2.46. The van der Waals surface area contributed by atoms with Crippen LogP contribution in [0.25, 0.3) is 0 Å². The van der Waals surface area contributed by atoms with E-state index in [0.717, 1.165) is 10.5 Å². The number of rotatable bonds is 5. The lowest BCUT2D eigenvalue weighted by atomic mass is 9.74. The van der Waals surface area contributed by atoms with Crippen molar-refractivity contribution in [1.29, 1.82) is 0 Å². The first-order valence-electron chi connectivity index (χ1n) is 8.31. The SMILES string of the molecule is CCC(CC)(C(=O)N1C[C@@H](C(F)(F)F)[C@H](C(=O)O)C1)c1ccccc1. The maximum absolute atomic E-state index is 13.2. The Morgan fingerprint density at radius 2 is 1.68 bits per heavy atom. The summed E-state index contributed by atoms with van der Waals surface area (Å²) >= 11 is 0. The maximum Gasteiger partial charge on any atom is 0.394 e. The number of carboxylic acids is 1. The van der Waals surface area contributed by atoms with Crippen LogP contribution in [0.2, 0.25) is 0 Å². The summed E-state index contributed by atoms with van der Waals surface area (Å²) < 4.78 is 39.6. The highest BCUT2D eigenvalue weighted by Crippen LogP contribution is 2.41. The fraction of sp³-hybridized carbons (Fsp3) is 0.556. The quantitative estimate of drug-likeness (QED) is 0.878. The highest BCUT2D eigenvalue weighted by molar-refractivity contribution is 5.89. The van der Waals surface area contributed by atoms with Crippen LogP contribution in [0.15, 0.2) is 30.3 Å². The number of carbonyl (C=O) groups is 2. The molecule has 0 unspecified atom stereocenters. The molecule has 25 heavy (non-hydrogen) atoms. The van der Waals surface area contributed by atoms with Gasteiger partial charge in [-0.05, 0) is 18.4 Å². The molecule has 1 aromatic carbocycles. The molecule has 2 atom stereocenters. The summed E-state index contributed by atoms with van der Waals surface area (Å²) in [5, 5.41) is 9.14. The van der Waals surface area contributed by atoms with Crippen LogP contribution in [0.4, 0.5) is 13.2 Å². The molecule has 0 bridgehead atoms. The largest absolute Gasteiger partial charge is 0.481 e. The number of hydrogen-bond donors (Lipinski definition) is 1. The number of likely N-dealkylation sites (tertiary alicyclic amines) is 1. The number of benzene rings is 1. The molecule has 1 aliphatic heterocycles. The summed E-state index contributed by atoms with van der Waals surface area (Å²) in [5.74, 6) is -5.60. The molecular formula is C18H22F3NO3. The van der Waals surface area contributed by atoms with Gasteiger partial charge in [0.2, 0.25) is 5.91 Å². The molecule has 7 heteroatoms. The van der Waals surface area contributed by atoms with E-state index in [9.17, 15) is 22.8 Å². The van der Waals surface area contributed by atoms with Crippen molar-refractivity contribution < 1.29 is 27.9 Å². The highest BCUT2D eigenvalue weighted by Gasteiger charge is 2.55. The molecule has 0 radical (unpaired) electrons. The van der Waals surface area contributed by atoms with Crippen LogP contribution < -0.4 is 0 Å².